The number of sulfonamides is 1. The van der Waals surface area contributed by atoms with Crippen LogP contribution >= 0.6 is 0 Å². The van der Waals surface area contributed by atoms with Gasteiger partial charge in [-0.3, -0.25) is 4.79 Å². The molecule has 0 spiro atoms. The van der Waals surface area contributed by atoms with E-state index in [-0.39, 0.29) is 29.6 Å². The Kier molecular flexibility index (Phi) is 8.35. The first-order chi connectivity index (χ1) is 17.8. The number of rotatable bonds is 9. The maximum atomic E-state index is 13.8. The first-order valence-electron chi connectivity index (χ1n) is 12.2. The summed E-state index contributed by atoms with van der Waals surface area (Å²) in [7, 11) is -0.943. The summed E-state index contributed by atoms with van der Waals surface area (Å²) >= 11 is 0. The standard InChI is InChI=1S/C28H33N3O5S/c1-22-13-14-26(36-3)27(19-22)37(33,34)31(20-23-9-5-4-6-10-23)21-28(32)30-17-15-29(16-18-30)24-11-7-8-12-25(24)35-2/h4-14,19H,15-18,20-21H2,1-3H3. The molecule has 1 fully saturated rings. The summed E-state index contributed by atoms with van der Waals surface area (Å²) < 4.78 is 39.8. The van der Waals surface area contributed by atoms with Crippen molar-refractivity contribution in [2.75, 3.05) is 51.8 Å². The number of hydrogen-bond acceptors (Lipinski definition) is 6. The van der Waals surface area contributed by atoms with Crippen LogP contribution in [0.5, 0.6) is 11.5 Å². The summed E-state index contributed by atoms with van der Waals surface area (Å²) in [5.74, 6) is 0.807. The van der Waals surface area contributed by atoms with Crippen LogP contribution in [0.4, 0.5) is 5.69 Å². The molecular weight excluding hydrogens is 490 g/mol. The van der Waals surface area contributed by atoms with Gasteiger partial charge in [-0.2, -0.15) is 4.31 Å². The molecule has 0 aromatic heterocycles. The topological polar surface area (TPSA) is 79.4 Å². The van der Waals surface area contributed by atoms with Crippen molar-refractivity contribution in [2.45, 2.75) is 18.4 Å². The minimum Gasteiger partial charge on any atom is -0.495 e. The smallest absolute Gasteiger partial charge is 0.247 e. The zero-order valence-electron chi connectivity index (χ0n) is 21.5. The molecule has 1 amide bonds. The third-order valence-corrected chi connectivity index (χ3v) is 8.32. The maximum Gasteiger partial charge on any atom is 0.247 e. The Morgan fingerprint density at radius 2 is 1.51 bits per heavy atom. The van der Waals surface area contributed by atoms with Crippen molar-refractivity contribution in [1.29, 1.82) is 0 Å². The predicted molar refractivity (Wildman–Crippen MR) is 144 cm³/mol. The van der Waals surface area contributed by atoms with Crippen LogP contribution in [0, 0.1) is 6.92 Å². The number of nitrogens with zero attached hydrogens (tertiary/aromatic N) is 3. The molecule has 8 nitrogen and oxygen atoms in total. The average molecular weight is 524 g/mol. The van der Waals surface area contributed by atoms with E-state index in [1.807, 2.05) is 61.5 Å². The lowest BCUT2D eigenvalue weighted by Crippen LogP contribution is -2.51. The number of ether oxygens (including phenoxy) is 2. The number of benzene rings is 3. The maximum absolute atomic E-state index is 13.8. The van der Waals surface area contributed by atoms with E-state index in [9.17, 15) is 13.2 Å². The molecule has 1 saturated heterocycles. The van der Waals surface area contributed by atoms with Gasteiger partial charge in [0.1, 0.15) is 16.4 Å². The Balaban J connectivity index is 1.54. The Morgan fingerprint density at radius 3 is 2.19 bits per heavy atom. The molecule has 0 unspecified atom stereocenters. The van der Waals surface area contributed by atoms with E-state index >= 15 is 0 Å². The molecule has 196 valence electrons. The van der Waals surface area contributed by atoms with Gasteiger partial charge >= 0.3 is 0 Å². The highest BCUT2D eigenvalue weighted by molar-refractivity contribution is 7.89. The highest BCUT2D eigenvalue weighted by Gasteiger charge is 2.32. The van der Waals surface area contributed by atoms with E-state index in [4.69, 9.17) is 9.47 Å². The number of aryl methyl sites for hydroxylation is 1. The molecule has 4 rings (SSSR count). The van der Waals surface area contributed by atoms with Crippen LogP contribution in [0.2, 0.25) is 0 Å². The number of anilines is 1. The van der Waals surface area contributed by atoms with E-state index < -0.39 is 10.0 Å². The minimum atomic E-state index is -4.03. The van der Waals surface area contributed by atoms with Crippen molar-refractivity contribution in [2.24, 2.45) is 0 Å². The molecule has 0 N–H and O–H groups in total. The summed E-state index contributed by atoms with van der Waals surface area (Å²) in [4.78, 5) is 17.4. The fourth-order valence-corrected chi connectivity index (χ4v) is 6.09. The van der Waals surface area contributed by atoms with E-state index in [0.29, 0.717) is 26.2 Å². The molecule has 0 atom stereocenters. The lowest BCUT2D eigenvalue weighted by atomic mass is 10.2. The summed E-state index contributed by atoms with van der Waals surface area (Å²) in [5.41, 5.74) is 2.57. The lowest BCUT2D eigenvalue weighted by molar-refractivity contribution is -0.131. The van der Waals surface area contributed by atoms with Crippen LogP contribution < -0.4 is 14.4 Å². The SMILES string of the molecule is COc1ccccc1N1CCN(C(=O)CN(Cc2ccccc2)S(=O)(=O)c2cc(C)ccc2OC)CC1. The van der Waals surface area contributed by atoms with Crippen molar-refractivity contribution in [1.82, 2.24) is 9.21 Å². The molecule has 9 heteroatoms. The van der Waals surface area contributed by atoms with Gasteiger partial charge in [-0.1, -0.05) is 48.5 Å². The molecule has 0 aliphatic carbocycles. The molecule has 1 heterocycles. The number of hydrogen-bond donors (Lipinski definition) is 0. The van der Waals surface area contributed by atoms with Crippen LogP contribution in [-0.4, -0.2) is 70.5 Å². The number of piperazine rings is 1. The number of carbonyl (C=O) groups is 1. The second-order valence-electron chi connectivity index (χ2n) is 8.95. The summed E-state index contributed by atoms with van der Waals surface area (Å²) in [6, 6.07) is 22.1. The van der Waals surface area contributed by atoms with Crippen molar-refractivity contribution >= 4 is 21.6 Å². The summed E-state index contributed by atoms with van der Waals surface area (Å²) in [6.45, 7) is 3.88. The van der Waals surface area contributed by atoms with E-state index in [0.717, 1.165) is 22.6 Å². The fourth-order valence-electron chi connectivity index (χ4n) is 4.48. The third-order valence-electron chi connectivity index (χ3n) is 6.51. The Labute approximate surface area is 219 Å². The van der Waals surface area contributed by atoms with Crippen LogP contribution in [0.1, 0.15) is 11.1 Å². The van der Waals surface area contributed by atoms with Gasteiger partial charge in [0.15, 0.2) is 0 Å². The lowest BCUT2D eigenvalue weighted by Gasteiger charge is -2.37. The molecule has 0 saturated carbocycles. The summed E-state index contributed by atoms with van der Waals surface area (Å²) in [5, 5.41) is 0. The van der Waals surface area contributed by atoms with Gasteiger partial charge in [-0.15, -0.1) is 0 Å². The van der Waals surface area contributed by atoms with Gasteiger partial charge in [0.2, 0.25) is 15.9 Å². The molecule has 3 aromatic carbocycles. The molecule has 0 radical (unpaired) electrons. The average Bonchev–Trinajstić information content (AvgIpc) is 2.93. The fraction of sp³-hybridized carbons (Fsp3) is 0.321. The van der Waals surface area contributed by atoms with Gasteiger partial charge in [0.05, 0.1) is 26.5 Å². The Hall–Kier alpha value is -3.56. The first kappa shape index (κ1) is 26.5. The van der Waals surface area contributed by atoms with Crippen molar-refractivity contribution in [3.8, 4) is 11.5 Å². The summed E-state index contributed by atoms with van der Waals surface area (Å²) in [6.07, 6.45) is 0. The quantitative estimate of drug-likeness (QED) is 0.427. The number of para-hydroxylation sites is 2. The molecule has 37 heavy (non-hydrogen) atoms. The molecule has 3 aromatic rings. The highest BCUT2D eigenvalue weighted by atomic mass is 32.2. The number of carbonyl (C=O) groups excluding carboxylic acids is 1. The second-order valence-corrected chi connectivity index (χ2v) is 10.9. The molecule has 0 bridgehead atoms. The normalized spacial score (nSPS) is 14.1. The van der Waals surface area contributed by atoms with Gasteiger partial charge in [-0.25, -0.2) is 8.42 Å². The zero-order valence-corrected chi connectivity index (χ0v) is 22.3. The third kappa shape index (κ3) is 6.06. The predicted octanol–water partition coefficient (Wildman–Crippen LogP) is 3.55. The van der Waals surface area contributed by atoms with Crippen LogP contribution in [0.3, 0.4) is 0 Å². The molecule has 1 aliphatic rings. The molecule has 1 aliphatic heterocycles. The van der Waals surface area contributed by atoms with Crippen LogP contribution in [0.15, 0.2) is 77.7 Å². The van der Waals surface area contributed by atoms with Gasteiger partial charge < -0.3 is 19.3 Å². The highest BCUT2D eigenvalue weighted by Crippen LogP contribution is 2.30. The molecular formula is C28H33N3O5S. The van der Waals surface area contributed by atoms with Gasteiger partial charge in [-0.05, 0) is 42.3 Å². The van der Waals surface area contributed by atoms with Crippen LogP contribution in [-0.2, 0) is 21.4 Å². The minimum absolute atomic E-state index is 0.0553. The van der Waals surface area contributed by atoms with Crippen molar-refractivity contribution in [3.05, 3.63) is 83.9 Å². The largest absolute Gasteiger partial charge is 0.495 e. The van der Waals surface area contributed by atoms with Gasteiger partial charge in [0, 0.05) is 32.7 Å². The van der Waals surface area contributed by atoms with Crippen molar-refractivity contribution in [3.63, 3.8) is 0 Å². The Bertz CT molecular complexity index is 1320. The van der Waals surface area contributed by atoms with E-state index in [1.165, 1.54) is 11.4 Å². The van der Waals surface area contributed by atoms with E-state index in [1.54, 1.807) is 30.2 Å². The van der Waals surface area contributed by atoms with Crippen LogP contribution in [0.25, 0.3) is 0 Å². The van der Waals surface area contributed by atoms with E-state index in [2.05, 4.69) is 4.90 Å². The first-order valence-corrected chi connectivity index (χ1v) is 13.6. The van der Waals surface area contributed by atoms with Gasteiger partial charge in [0.25, 0.3) is 0 Å². The monoisotopic (exact) mass is 523 g/mol. The second kappa shape index (κ2) is 11.7. The Morgan fingerprint density at radius 1 is 0.865 bits per heavy atom. The number of amides is 1. The number of methoxy groups -OCH3 is 2. The van der Waals surface area contributed by atoms with Crippen molar-refractivity contribution < 1.29 is 22.7 Å². The zero-order chi connectivity index (χ0) is 26.4.